The molecule has 3 aromatic rings. The molecule has 29 heavy (non-hydrogen) atoms. The van der Waals surface area contributed by atoms with Gasteiger partial charge in [0.15, 0.2) is 18.1 Å². The fraction of sp³-hybridized carbons (Fsp3) is 0.136. The van der Waals surface area contributed by atoms with Crippen LogP contribution >= 0.6 is 0 Å². The zero-order valence-electron chi connectivity index (χ0n) is 15.8. The number of carboxylic acid groups (broad SMARTS) is 1. The van der Waals surface area contributed by atoms with Crippen molar-refractivity contribution in [3.8, 4) is 39.8 Å². The van der Waals surface area contributed by atoms with Crippen molar-refractivity contribution >= 4 is 11.8 Å². The van der Waals surface area contributed by atoms with Crippen molar-refractivity contribution in [1.29, 1.82) is 5.26 Å². The molecule has 0 saturated heterocycles. The van der Waals surface area contributed by atoms with Crippen LogP contribution < -0.4 is 15.2 Å². The Bertz CT molecular complexity index is 1080. The standard InChI is InChI=1S/C22H19N3O4/c1-2-28-19-10-15(8-9-18(19)29-13-20(26)27)21-16(11-23)22(24)25-12-17(21)14-6-4-3-5-7-14/h3-10,12H,2,13H2,1H3,(H2,24,25)(H,26,27). The number of pyridine rings is 1. The number of nitrogens with zero attached hydrogens (tertiary/aromatic N) is 2. The van der Waals surface area contributed by atoms with Gasteiger partial charge in [0.2, 0.25) is 0 Å². The first-order valence-corrected chi connectivity index (χ1v) is 8.91. The van der Waals surface area contributed by atoms with E-state index in [2.05, 4.69) is 11.1 Å². The molecule has 0 unspecified atom stereocenters. The predicted octanol–water partition coefficient (Wildman–Crippen LogP) is 3.73. The van der Waals surface area contributed by atoms with Crippen molar-refractivity contribution in [2.45, 2.75) is 6.92 Å². The van der Waals surface area contributed by atoms with Crippen LogP contribution in [0.15, 0.2) is 54.7 Å². The molecule has 0 aliphatic carbocycles. The lowest BCUT2D eigenvalue weighted by molar-refractivity contribution is -0.139. The van der Waals surface area contributed by atoms with Crippen LogP contribution in [-0.4, -0.2) is 29.3 Å². The highest BCUT2D eigenvalue weighted by Gasteiger charge is 2.18. The number of anilines is 1. The molecule has 1 aromatic heterocycles. The van der Waals surface area contributed by atoms with E-state index in [-0.39, 0.29) is 11.4 Å². The highest BCUT2D eigenvalue weighted by atomic mass is 16.5. The van der Waals surface area contributed by atoms with Gasteiger partial charge in [-0.15, -0.1) is 0 Å². The molecule has 0 saturated carbocycles. The van der Waals surface area contributed by atoms with Crippen LogP contribution in [0.2, 0.25) is 0 Å². The monoisotopic (exact) mass is 389 g/mol. The van der Waals surface area contributed by atoms with Gasteiger partial charge in [-0.25, -0.2) is 9.78 Å². The fourth-order valence-electron chi connectivity index (χ4n) is 2.97. The minimum absolute atomic E-state index is 0.131. The number of carboxylic acids is 1. The van der Waals surface area contributed by atoms with Gasteiger partial charge in [-0.2, -0.15) is 5.26 Å². The topological polar surface area (TPSA) is 118 Å². The van der Waals surface area contributed by atoms with Crippen molar-refractivity contribution in [3.63, 3.8) is 0 Å². The molecule has 0 spiro atoms. The third-order valence-electron chi connectivity index (χ3n) is 4.19. The van der Waals surface area contributed by atoms with Gasteiger partial charge in [0.25, 0.3) is 0 Å². The summed E-state index contributed by atoms with van der Waals surface area (Å²) in [7, 11) is 0. The molecule has 0 amide bonds. The highest BCUT2D eigenvalue weighted by Crippen LogP contribution is 2.40. The number of hydrogen-bond donors (Lipinski definition) is 2. The number of aliphatic carboxylic acids is 1. The van der Waals surface area contributed by atoms with Gasteiger partial charge in [0, 0.05) is 17.3 Å². The number of rotatable bonds is 7. The van der Waals surface area contributed by atoms with Crippen LogP contribution in [0.25, 0.3) is 22.3 Å². The summed E-state index contributed by atoms with van der Waals surface area (Å²) in [5.41, 5.74) is 9.16. The Labute approximate surface area is 168 Å². The van der Waals surface area contributed by atoms with E-state index in [1.54, 1.807) is 24.4 Å². The number of hydrogen-bond acceptors (Lipinski definition) is 6. The van der Waals surface area contributed by atoms with Crippen LogP contribution in [0.3, 0.4) is 0 Å². The van der Waals surface area contributed by atoms with E-state index >= 15 is 0 Å². The first-order valence-electron chi connectivity index (χ1n) is 8.91. The zero-order chi connectivity index (χ0) is 20.8. The van der Waals surface area contributed by atoms with E-state index < -0.39 is 12.6 Å². The minimum atomic E-state index is -1.09. The Kier molecular flexibility index (Phi) is 5.95. The van der Waals surface area contributed by atoms with Crippen LogP contribution in [0.5, 0.6) is 11.5 Å². The number of ether oxygens (including phenoxy) is 2. The van der Waals surface area contributed by atoms with Gasteiger partial charge in [-0.3, -0.25) is 0 Å². The zero-order valence-corrected chi connectivity index (χ0v) is 15.8. The minimum Gasteiger partial charge on any atom is -0.490 e. The lowest BCUT2D eigenvalue weighted by Gasteiger charge is -2.16. The molecule has 2 aromatic carbocycles. The molecule has 0 bridgehead atoms. The first kappa shape index (κ1) is 19.7. The molecule has 0 atom stereocenters. The van der Waals surface area contributed by atoms with E-state index in [1.807, 2.05) is 37.3 Å². The van der Waals surface area contributed by atoms with Gasteiger partial charge in [0.05, 0.1) is 6.61 Å². The molecule has 146 valence electrons. The Morgan fingerprint density at radius 1 is 1.14 bits per heavy atom. The Morgan fingerprint density at radius 3 is 2.55 bits per heavy atom. The maximum absolute atomic E-state index is 10.8. The maximum Gasteiger partial charge on any atom is 0.341 e. The smallest absolute Gasteiger partial charge is 0.341 e. The molecule has 0 aliphatic heterocycles. The average Bonchev–Trinajstić information content (AvgIpc) is 2.73. The number of nitrogen functional groups attached to an aromatic ring is 1. The van der Waals surface area contributed by atoms with E-state index in [0.29, 0.717) is 29.2 Å². The highest BCUT2D eigenvalue weighted by molar-refractivity contribution is 5.90. The molecular weight excluding hydrogens is 370 g/mol. The second kappa shape index (κ2) is 8.76. The number of nitriles is 1. The van der Waals surface area contributed by atoms with Crippen LogP contribution in [0.1, 0.15) is 12.5 Å². The summed E-state index contributed by atoms with van der Waals surface area (Å²) in [5, 5.41) is 18.6. The van der Waals surface area contributed by atoms with Crippen LogP contribution in [-0.2, 0) is 4.79 Å². The molecule has 0 aliphatic rings. The summed E-state index contributed by atoms with van der Waals surface area (Å²) in [6.45, 7) is 1.69. The number of carbonyl (C=O) groups is 1. The second-order valence-corrected chi connectivity index (χ2v) is 6.06. The van der Waals surface area contributed by atoms with E-state index in [1.165, 1.54) is 0 Å². The first-order chi connectivity index (χ1) is 14.0. The van der Waals surface area contributed by atoms with E-state index in [9.17, 15) is 10.1 Å². The molecule has 0 radical (unpaired) electrons. The number of nitrogens with two attached hydrogens (primary N) is 1. The molecule has 7 heteroatoms. The van der Waals surface area contributed by atoms with Gasteiger partial charge >= 0.3 is 5.97 Å². The van der Waals surface area contributed by atoms with Crippen molar-refractivity contribution in [1.82, 2.24) is 4.98 Å². The Morgan fingerprint density at radius 2 is 1.90 bits per heavy atom. The summed E-state index contributed by atoms with van der Waals surface area (Å²) in [5.74, 6) is -0.271. The molecular formula is C22H19N3O4. The van der Waals surface area contributed by atoms with Gasteiger partial charge in [0.1, 0.15) is 17.5 Å². The third-order valence-corrected chi connectivity index (χ3v) is 4.19. The number of benzene rings is 2. The summed E-state index contributed by atoms with van der Waals surface area (Å²) in [4.78, 5) is 15.0. The average molecular weight is 389 g/mol. The van der Waals surface area contributed by atoms with Crippen molar-refractivity contribution < 1.29 is 19.4 Å². The third kappa shape index (κ3) is 4.28. The van der Waals surface area contributed by atoms with Crippen molar-refractivity contribution in [2.75, 3.05) is 18.9 Å². The van der Waals surface area contributed by atoms with E-state index in [4.69, 9.17) is 20.3 Å². The second-order valence-electron chi connectivity index (χ2n) is 6.06. The number of aromatic nitrogens is 1. The molecule has 7 nitrogen and oxygen atoms in total. The predicted molar refractivity (Wildman–Crippen MR) is 109 cm³/mol. The quantitative estimate of drug-likeness (QED) is 0.632. The summed E-state index contributed by atoms with van der Waals surface area (Å²) >= 11 is 0. The van der Waals surface area contributed by atoms with Crippen molar-refractivity contribution in [2.24, 2.45) is 0 Å². The summed E-state index contributed by atoms with van der Waals surface area (Å²) in [6, 6.07) is 16.8. The Hall–Kier alpha value is -4.05. The lowest BCUT2D eigenvalue weighted by Crippen LogP contribution is -2.10. The molecule has 3 N–H and O–H groups in total. The maximum atomic E-state index is 10.8. The molecule has 1 heterocycles. The van der Waals surface area contributed by atoms with Gasteiger partial charge in [-0.1, -0.05) is 36.4 Å². The normalized spacial score (nSPS) is 10.2. The van der Waals surface area contributed by atoms with Crippen LogP contribution in [0.4, 0.5) is 5.82 Å². The van der Waals surface area contributed by atoms with Gasteiger partial charge in [-0.05, 0) is 30.2 Å². The summed E-state index contributed by atoms with van der Waals surface area (Å²) in [6.07, 6.45) is 1.63. The lowest BCUT2D eigenvalue weighted by atomic mass is 9.92. The summed E-state index contributed by atoms with van der Waals surface area (Å²) < 4.78 is 10.9. The Balaban J connectivity index is 2.19. The largest absolute Gasteiger partial charge is 0.490 e. The fourth-order valence-corrected chi connectivity index (χ4v) is 2.97. The SMILES string of the molecule is CCOc1cc(-c2c(-c3ccccc3)cnc(N)c2C#N)ccc1OCC(=O)O. The van der Waals surface area contributed by atoms with Crippen molar-refractivity contribution in [3.05, 3.63) is 60.3 Å². The molecule has 0 fully saturated rings. The van der Waals surface area contributed by atoms with E-state index in [0.717, 1.165) is 11.1 Å². The van der Waals surface area contributed by atoms with Gasteiger partial charge < -0.3 is 20.3 Å². The molecule has 3 rings (SSSR count). The van der Waals surface area contributed by atoms with Crippen LogP contribution in [0, 0.1) is 11.3 Å².